The van der Waals surface area contributed by atoms with E-state index in [4.69, 9.17) is 8.83 Å². The largest absolute Gasteiger partial charge is 0.464 e. The van der Waals surface area contributed by atoms with Gasteiger partial charge in [0.15, 0.2) is 5.58 Å². The quantitative estimate of drug-likeness (QED) is 0.722. The van der Waals surface area contributed by atoms with Crippen LogP contribution < -0.4 is 5.32 Å². The Morgan fingerprint density at radius 3 is 2.79 bits per heavy atom. The first-order chi connectivity index (χ1) is 9.35. The Bertz CT molecular complexity index is 642. The van der Waals surface area contributed by atoms with Gasteiger partial charge in [-0.25, -0.2) is 4.98 Å². The van der Waals surface area contributed by atoms with E-state index < -0.39 is 0 Å². The van der Waals surface area contributed by atoms with E-state index >= 15 is 0 Å². The van der Waals surface area contributed by atoms with Crippen LogP contribution in [0.2, 0.25) is 0 Å². The third-order valence-corrected chi connectivity index (χ3v) is 3.53. The fraction of sp³-hybridized carbons (Fsp3) is 0.214. The Morgan fingerprint density at radius 1 is 1.11 bits per heavy atom. The third-order valence-electron chi connectivity index (χ3n) is 2.68. The highest BCUT2D eigenvalue weighted by molar-refractivity contribution is 7.98. The molecular weight excluding hydrogens is 260 g/mol. The summed E-state index contributed by atoms with van der Waals surface area (Å²) in [5.41, 5.74) is 1.71. The summed E-state index contributed by atoms with van der Waals surface area (Å²) < 4.78 is 11.3. The standard InChI is InChI=1S/C14H14N2O2S/c1-15-8-10-6-7-11(17-10)9-19-14-16-12-4-2-3-5-13(12)18-14/h2-7,15H,8-9H2,1H3. The summed E-state index contributed by atoms with van der Waals surface area (Å²) in [7, 11) is 1.90. The number of fused-ring (bicyclic) bond motifs is 1. The number of hydrogen-bond donors (Lipinski definition) is 1. The minimum absolute atomic E-state index is 0.674. The number of nitrogens with zero attached hydrogens (tertiary/aromatic N) is 1. The van der Waals surface area contributed by atoms with E-state index in [1.54, 1.807) is 0 Å². The molecule has 0 aliphatic rings. The van der Waals surface area contributed by atoms with Crippen LogP contribution in [0, 0.1) is 0 Å². The van der Waals surface area contributed by atoms with Crippen molar-refractivity contribution < 1.29 is 8.83 Å². The number of rotatable bonds is 5. The Balaban J connectivity index is 1.67. The van der Waals surface area contributed by atoms with Crippen molar-refractivity contribution >= 4 is 22.9 Å². The predicted molar refractivity (Wildman–Crippen MR) is 75.0 cm³/mol. The molecule has 0 aliphatic heterocycles. The third kappa shape index (κ3) is 2.83. The Kier molecular flexibility index (Phi) is 3.57. The highest BCUT2D eigenvalue weighted by atomic mass is 32.2. The maximum absolute atomic E-state index is 5.67. The number of hydrogen-bond acceptors (Lipinski definition) is 5. The summed E-state index contributed by atoms with van der Waals surface area (Å²) >= 11 is 1.54. The zero-order chi connectivity index (χ0) is 13.1. The summed E-state index contributed by atoms with van der Waals surface area (Å²) in [6, 6.07) is 11.7. The molecule has 0 aliphatic carbocycles. The van der Waals surface area contributed by atoms with Gasteiger partial charge in [-0.15, -0.1) is 0 Å². The van der Waals surface area contributed by atoms with E-state index in [1.165, 1.54) is 11.8 Å². The Hall–Kier alpha value is -1.72. The molecular formula is C14H14N2O2S. The fourth-order valence-corrected chi connectivity index (χ4v) is 2.55. The maximum atomic E-state index is 5.67. The van der Waals surface area contributed by atoms with Gasteiger partial charge in [0.25, 0.3) is 5.22 Å². The van der Waals surface area contributed by atoms with Gasteiger partial charge in [-0.05, 0) is 31.3 Å². The molecule has 3 aromatic rings. The van der Waals surface area contributed by atoms with Gasteiger partial charge < -0.3 is 14.2 Å². The van der Waals surface area contributed by atoms with Crippen molar-refractivity contribution in [2.75, 3.05) is 7.05 Å². The van der Waals surface area contributed by atoms with Crippen molar-refractivity contribution in [2.45, 2.75) is 17.5 Å². The van der Waals surface area contributed by atoms with Crippen molar-refractivity contribution in [3.05, 3.63) is 47.9 Å². The number of aromatic nitrogens is 1. The summed E-state index contributed by atoms with van der Waals surface area (Å²) in [6.07, 6.45) is 0. The minimum Gasteiger partial charge on any atom is -0.464 e. The molecule has 0 atom stereocenters. The number of benzene rings is 1. The van der Waals surface area contributed by atoms with Gasteiger partial charge in [0.1, 0.15) is 17.0 Å². The van der Waals surface area contributed by atoms with Gasteiger partial charge in [0.2, 0.25) is 0 Å². The topological polar surface area (TPSA) is 51.2 Å². The Morgan fingerprint density at radius 2 is 1.95 bits per heavy atom. The monoisotopic (exact) mass is 274 g/mol. The van der Waals surface area contributed by atoms with Crippen LogP contribution in [0.25, 0.3) is 11.1 Å². The predicted octanol–water partition coefficient (Wildman–Crippen LogP) is 3.43. The molecule has 1 aromatic carbocycles. The molecule has 0 spiro atoms. The molecule has 98 valence electrons. The molecule has 0 saturated heterocycles. The highest BCUT2D eigenvalue weighted by Gasteiger charge is 2.08. The molecule has 0 saturated carbocycles. The number of furan rings is 1. The van der Waals surface area contributed by atoms with E-state index in [0.29, 0.717) is 5.22 Å². The summed E-state index contributed by atoms with van der Waals surface area (Å²) in [5, 5.41) is 3.73. The lowest BCUT2D eigenvalue weighted by Crippen LogP contribution is -2.03. The van der Waals surface area contributed by atoms with Gasteiger partial charge in [-0.2, -0.15) is 0 Å². The lowest BCUT2D eigenvalue weighted by molar-refractivity contribution is 0.465. The lowest BCUT2D eigenvalue weighted by atomic mass is 10.3. The number of thioether (sulfide) groups is 1. The van der Waals surface area contributed by atoms with E-state index in [0.717, 1.165) is 34.9 Å². The van der Waals surface area contributed by atoms with Crippen LogP contribution in [-0.4, -0.2) is 12.0 Å². The molecule has 4 nitrogen and oxygen atoms in total. The van der Waals surface area contributed by atoms with E-state index in [9.17, 15) is 0 Å². The SMILES string of the molecule is CNCc1ccc(CSc2nc3ccccc3o2)o1. The number of nitrogens with one attached hydrogen (secondary N) is 1. The Labute approximate surface area is 115 Å². The molecule has 1 N–H and O–H groups in total. The second-order valence-electron chi connectivity index (χ2n) is 4.13. The van der Waals surface area contributed by atoms with Crippen LogP contribution in [0.3, 0.4) is 0 Å². The van der Waals surface area contributed by atoms with Crippen molar-refractivity contribution in [3.8, 4) is 0 Å². The zero-order valence-electron chi connectivity index (χ0n) is 10.6. The molecule has 0 bridgehead atoms. The van der Waals surface area contributed by atoms with Crippen molar-refractivity contribution in [2.24, 2.45) is 0 Å². The molecule has 2 aromatic heterocycles. The first-order valence-electron chi connectivity index (χ1n) is 6.06. The van der Waals surface area contributed by atoms with Gasteiger partial charge in [0, 0.05) is 0 Å². The molecule has 0 radical (unpaired) electrons. The first kappa shape index (κ1) is 12.3. The molecule has 5 heteroatoms. The van der Waals surface area contributed by atoms with Gasteiger partial charge in [-0.1, -0.05) is 23.9 Å². The molecule has 3 rings (SSSR count). The highest BCUT2D eigenvalue weighted by Crippen LogP contribution is 2.26. The van der Waals surface area contributed by atoms with Crippen LogP contribution in [0.4, 0.5) is 0 Å². The first-order valence-corrected chi connectivity index (χ1v) is 7.04. The van der Waals surface area contributed by atoms with E-state index in [2.05, 4.69) is 10.3 Å². The van der Waals surface area contributed by atoms with Crippen LogP contribution in [0.1, 0.15) is 11.5 Å². The molecule has 2 heterocycles. The second kappa shape index (κ2) is 5.50. The van der Waals surface area contributed by atoms with E-state index in [1.807, 2.05) is 43.4 Å². The maximum Gasteiger partial charge on any atom is 0.257 e. The second-order valence-corrected chi connectivity index (χ2v) is 5.06. The van der Waals surface area contributed by atoms with Gasteiger partial charge in [0.05, 0.1) is 12.3 Å². The van der Waals surface area contributed by atoms with Crippen molar-refractivity contribution in [1.29, 1.82) is 0 Å². The summed E-state index contributed by atoms with van der Waals surface area (Å²) in [5.74, 6) is 2.59. The molecule has 0 fully saturated rings. The smallest absolute Gasteiger partial charge is 0.257 e. The van der Waals surface area contributed by atoms with Crippen LogP contribution in [0.5, 0.6) is 0 Å². The number of oxazole rings is 1. The van der Waals surface area contributed by atoms with Gasteiger partial charge in [-0.3, -0.25) is 0 Å². The van der Waals surface area contributed by atoms with E-state index in [-0.39, 0.29) is 0 Å². The van der Waals surface area contributed by atoms with Gasteiger partial charge >= 0.3 is 0 Å². The summed E-state index contributed by atoms with van der Waals surface area (Å²) in [4.78, 5) is 4.41. The molecule has 0 amide bonds. The molecule has 0 unspecified atom stereocenters. The van der Waals surface area contributed by atoms with Crippen molar-refractivity contribution in [1.82, 2.24) is 10.3 Å². The zero-order valence-corrected chi connectivity index (χ0v) is 11.4. The van der Waals surface area contributed by atoms with Crippen LogP contribution in [-0.2, 0) is 12.3 Å². The van der Waals surface area contributed by atoms with Crippen molar-refractivity contribution in [3.63, 3.8) is 0 Å². The fourth-order valence-electron chi connectivity index (χ4n) is 1.81. The van der Waals surface area contributed by atoms with Crippen LogP contribution >= 0.6 is 11.8 Å². The lowest BCUT2D eigenvalue weighted by Gasteiger charge is -1.95. The molecule has 19 heavy (non-hydrogen) atoms. The average molecular weight is 274 g/mol. The number of para-hydroxylation sites is 2. The summed E-state index contributed by atoms with van der Waals surface area (Å²) in [6.45, 7) is 0.744. The average Bonchev–Trinajstić information content (AvgIpc) is 3.02. The van der Waals surface area contributed by atoms with Crippen LogP contribution in [0.15, 0.2) is 50.5 Å². The minimum atomic E-state index is 0.674. The normalized spacial score (nSPS) is 11.2.